The summed E-state index contributed by atoms with van der Waals surface area (Å²) in [6, 6.07) is 0. The second-order valence-corrected chi connectivity index (χ2v) is 6.94. The Hall–Kier alpha value is -0.0400. The number of rotatable bonds is 2. The Kier molecular flexibility index (Phi) is 3.86. The summed E-state index contributed by atoms with van der Waals surface area (Å²) < 4.78 is 0. The second kappa shape index (κ2) is 4.45. The molecule has 1 heteroatoms. The Morgan fingerprint density at radius 1 is 1.27 bits per heavy atom. The quantitative estimate of drug-likeness (QED) is 0.733. The molecule has 1 N–H and O–H groups in total. The van der Waals surface area contributed by atoms with E-state index in [1.165, 1.54) is 12.8 Å². The molecule has 1 nitrogen and oxygen atoms in total. The monoisotopic (exact) mass is 212 g/mol. The minimum Gasteiger partial charge on any atom is -0.390 e. The van der Waals surface area contributed by atoms with Gasteiger partial charge in [-0.1, -0.05) is 34.6 Å². The Morgan fingerprint density at radius 3 is 2.33 bits per heavy atom. The molecule has 0 aliphatic heterocycles. The van der Waals surface area contributed by atoms with Gasteiger partial charge >= 0.3 is 0 Å². The van der Waals surface area contributed by atoms with E-state index in [2.05, 4.69) is 34.6 Å². The molecule has 0 heterocycles. The maximum atomic E-state index is 10.6. The van der Waals surface area contributed by atoms with Crippen LogP contribution >= 0.6 is 0 Å². The minimum absolute atomic E-state index is 0.346. The van der Waals surface area contributed by atoms with E-state index < -0.39 is 0 Å². The van der Waals surface area contributed by atoms with Gasteiger partial charge in [-0.2, -0.15) is 0 Å². The van der Waals surface area contributed by atoms with Crippen molar-refractivity contribution in [2.75, 3.05) is 0 Å². The number of hydrogen-bond donors (Lipinski definition) is 1. The van der Waals surface area contributed by atoms with Crippen LogP contribution in [0, 0.1) is 17.3 Å². The molecule has 0 aromatic heterocycles. The predicted octanol–water partition coefficient (Wildman–Crippen LogP) is 4.00. The van der Waals surface area contributed by atoms with Gasteiger partial charge in [0.1, 0.15) is 0 Å². The van der Waals surface area contributed by atoms with E-state index in [4.69, 9.17) is 0 Å². The molecule has 1 fully saturated rings. The van der Waals surface area contributed by atoms with E-state index in [0.29, 0.717) is 11.3 Å². The fraction of sp³-hybridized carbons (Fsp3) is 1.00. The average Bonchev–Trinajstić information content (AvgIpc) is 2.08. The van der Waals surface area contributed by atoms with Gasteiger partial charge in [-0.15, -0.1) is 0 Å². The lowest BCUT2D eigenvalue weighted by Crippen LogP contribution is -2.41. The first-order chi connectivity index (χ1) is 6.73. The minimum atomic E-state index is -0.375. The maximum Gasteiger partial charge on any atom is 0.0673 e. The molecule has 1 aliphatic rings. The van der Waals surface area contributed by atoms with Gasteiger partial charge in [0, 0.05) is 0 Å². The van der Waals surface area contributed by atoms with Crippen molar-refractivity contribution in [3.63, 3.8) is 0 Å². The molecule has 3 atom stereocenters. The van der Waals surface area contributed by atoms with E-state index in [-0.39, 0.29) is 5.60 Å². The van der Waals surface area contributed by atoms with E-state index in [9.17, 15) is 5.11 Å². The zero-order valence-electron chi connectivity index (χ0n) is 11.1. The highest BCUT2D eigenvalue weighted by Gasteiger charge is 2.38. The summed E-state index contributed by atoms with van der Waals surface area (Å²) >= 11 is 0. The van der Waals surface area contributed by atoms with Crippen LogP contribution in [0.5, 0.6) is 0 Å². The van der Waals surface area contributed by atoms with Gasteiger partial charge in [0.15, 0.2) is 0 Å². The van der Waals surface area contributed by atoms with Crippen LogP contribution in [-0.4, -0.2) is 10.7 Å². The van der Waals surface area contributed by atoms with E-state index >= 15 is 0 Å². The lowest BCUT2D eigenvalue weighted by atomic mass is 9.69. The highest BCUT2D eigenvalue weighted by molar-refractivity contribution is 4.90. The van der Waals surface area contributed by atoms with Gasteiger partial charge in [-0.3, -0.25) is 0 Å². The standard InChI is InChI=1S/C14H28O/c1-11-6-7-14(15,12(2)10-11)9-8-13(3,4)5/h11-12,15H,6-10H2,1-5H3. The summed E-state index contributed by atoms with van der Waals surface area (Å²) in [6.07, 6.45) is 5.50. The molecule has 0 saturated heterocycles. The smallest absolute Gasteiger partial charge is 0.0673 e. The number of hydrogen-bond acceptors (Lipinski definition) is 1. The Labute approximate surface area is 95.3 Å². The summed E-state index contributed by atoms with van der Waals surface area (Å²) in [5.41, 5.74) is -0.0295. The van der Waals surface area contributed by atoms with Crippen LogP contribution in [0.1, 0.15) is 66.7 Å². The van der Waals surface area contributed by atoms with Gasteiger partial charge in [0.25, 0.3) is 0 Å². The van der Waals surface area contributed by atoms with Gasteiger partial charge < -0.3 is 5.11 Å². The summed E-state index contributed by atoms with van der Waals surface area (Å²) in [6.45, 7) is 11.3. The van der Waals surface area contributed by atoms with Crippen LogP contribution in [0.4, 0.5) is 0 Å². The third-order valence-electron chi connectivity index (χ3n) is 4.05. The fourth-order valence-corrected chi connectivity index (χ4v) is 2.65. The van der Waals surface area contributed by atoms with Crippen LogP contribution in [0.15, 0.2) is 0 Å². The van der Waals surface area contributed by atoms with E-state index in [1.54, 1.807) is 0 Å². The molecule has 3 unspecified atom stereocenters. The molecule has 0 spiro atoms. The fourth-order valence-electron chi connectivity index (χ4n) is 2.65. The van der Waals surface area contributed by atoms with Crippen molar-refractivity contribution < 1.29 is 5.11 Å². The van der Waals surface area contributed by atoms with Gasteiger partial charge in [0.2, 0.25) is 0 Å². The van der Waals surface area contributed by atoms with Crippen molar-refractivity contribution in [3.8, 4) is 0 Å². The lowest BCUT2D eigenvalue weighted by Gasteiger charge is -2.42. The predicted molar refractivity (Wildman–Crippen MR) is 65.8 cm³/mol. The first kappa shape index (κ1) is 13.0. The third kappa shape index (κ3) is 3.79. The zero-order valence-corrected chi connectivity index (χ0v) is 11.1. The van der Waals surface area contributed by atoms with Gasteiger partial charge in [-0.05, 0) is 49.4 Å². The molecular weight excluding hydrogens is 184 g/mol. The first-order valence-electron chi connectivity index (χ1n) is 6.45. The summed E-state index contributed by atoms with van der Waals surface area (Å²) in [5, 5.41) is 10.6. The molecule has 0 bridgehead atoms. The SMILES string of the molecule is CC1CCC(O)(CCC(C)(C)C)C(C)C1. The van der Waals surface area contributed by atoms with Gasteiger partial charge in [-0.25, -0.2) is 0 Å². The molecule has 15 heavy (non-hydrogen) atoms. The van der Waals surface area contributed by atoms with Crippen LogP contribution in [0.3, 0.4) is 0 Å². The summed E-state index contributed by atoms with van der Waals surface area (Å²) in [5.74, 6) is 1.28. The van der Waals surface area contributed by atoms with Crippen LogP contribution in [0.2, 0.25) is 0 Å². The van der Waals surface area contributed by atoms with Crippen molar-refractivity contribution in [3.05, 3.63) is 0 Å². The molecule has 0 radical (unpaired) electrons. The van der Waals surface area contributed by atoms with Crippen molar-refractivity contribution in [1.29, 1.82) is 0 Å². The van der Waals surface area contributed by atoms with Crippen LogP contribution < -0.4 is 0 Å². The molecule has 1 rings (SSSR count). The molecule has 0 amide bonds. The zero-order chi connectivity index (χ0) is 11.7. The maximum absolute atomic E-state index is 10.6. The molecular formula is C14H28O. The van der Waals surface area contributed by atoms with E-state index in [0.717, 1.165) is 25.2 Å². The van der Waals surface area contributed by atoms with Crippen LogP contribution in [-0.2, 0) is 0 Å². The van der Waals surface area contributed by atoms with Crippen molar-refractivity contribution in [2.45, 2.75) is 72.3 Å². The molecule has 1 saturated carbocycles. The second-order valence-electron chi connectivity index (χ2n) is 6.94. The molecule has 1 aliphatic carbocycles. The highest BCUT2D eigenvalue weighted by Crippen LogP contribution is 2.41. The van der Waals surface area contributed by atoms with Crippen LogP contribution in [0.25, 0.3) is 0 Å². The van der Waals surface area contributed by atoms with Crippen molar-refractivity contribution in [2.24, 2.45) is 17.3 Å². The summed E-state index contributed by atoms with van der Waals surface area (Å²) in [7, 11) is 0. The Morgan fingerprint density at radius 2 is 1.87 bits per heavy atom. The number of aliphatic hydroxyl groups is 1. The molecule has 0 aromatic carbocycles. The van der Waals surface area contributed by atoms with Gasteiger partial charge in [0.05, 0.1) is 5.60 Å². The Balaban J connectivity index is 2.51. The largest absolute Gasteiger partial charge is 0.390 e. The topological polar surface area (TPSA) is 20.2 Å². The first-order valence-corrected chi connectivity index (χ1v) is 6.45. The van der Waals surface area contributed by atoms with Crippen molar-refractivity contribution in [1.82, 2.24) is 0 Å². The molecule has 0 aromatic rings. The normalized spacial score (nSPS) is 38.0. The lowest BCUT2D eigenvalue weighted by molar-refractivity contribution is -0.0653. The highest BCUT2D eigenvalue weighted by atomic mass is 16.3. The third-order valence-corrected chi connectivity index (χ3v) is 4.05. The average molecular weight is 212 g/mol. The Bertz CT molecular complexity index is 204. The van der Waals surface area contributed by atoms with E-state index in [1.807, 2.05) is 0 Å². The van der Waals surface area contributed by atoms with Crippen molar-refractivity contribution >= 4 is 0 Å². The summed E-state index contributed by atoms with van der Waals surface area (Å²) in [4.78, 5) is 0. The molecule has 90 valence electrons.